The Morgan fingerprint density at radius 2 is 2.22 bits per heavy atom. The summed E-state index contributed by atoms with van der Waals surface area (Å²) in [5, 5.41) is 0. The molecule has 0 aliphatic heterocycles. The number of hydrogen-bond acceptors (Lipinski definition) is 0. The monoisotopic (exact) mass is 138 g/mol. The molecule has 0 aliphatic carbocycles. The topological polar surface area (TPSA) is 0 Å². The van der Waals surface area contributed by atoms with Gasteiger partial charge in [0.1, 0.15) is 0 Å². The Bertz CT molecular complexity index is 146. The lowest BCUT2D eigenvalue weighted by atomic mass is 10.2. The summed E-state index contributed by atoms with van der Waals surface area (Å²) in [6.45, 7) is 4.29. The third-order valence-electron chi connectivity index (χ3n) is 1.12. The van der Waals surface area contributed by atoms with E-state index in [0.29, 0.717) is 0 Å². The van der Waals surface area contributed by atoms with Crippen molar-refractivity contribution >= 4 is 10.2 Å². The van der Waals surface area contributed by atoms with Gasteiger partial charge in [-0.3, -0.25) is 0 Å². The highest BCUT2D eigenvalue weighted by atomic mass is 28.1. The van der Waals surface area contributed by atoms with Crippen LogP contribution in [0.5, 0.6) is 0 Å². The minimum absolute atomic E-state index is 0.997. The molecule has 0 heterocycles. The van der Waals surface area contributed by atoms with E-state index in [1.165, 1.54) is 5.57 Å². The molecule has 0 aromatic rings. The average Bonchev–Trinajstić information content (AvgIpc) is 1.88. The van der Waals surface area contributed by atoms with E-state index in [-0.39, 0.29) is 0 Å². The molecule has 0 unspecified atom stereocenters. The molecule has 0 bridgehead atoms. The van der Waals surface area contributed by atoms with Crippen LogP contribution >= 0.6 is 0 Å². The van der Waals surface area contributed by atoms with Gasteiger partial charge in [0.15, 0.2) is 0 Å². The quantitative estimate of drug-likeness (QED) is 0.395. The second-order valence-electron chi connectivity index (χ2n) is 1.87. The van der Waals surface area contributed by atoms with Crippen LogP contribution in [-0.2, 0) is 0 Å². The molecule has 0 aromatic carbocycles. The van der Waals surface area contributed by atoms with Crippen molar-refractivity contribution in [3.05, 3.63) is 11.6 Å². The van der Waals surface area contributed by atoms with Crippen LogP contribution in [0.1, 0.15) is 26.7 Å². The highest BCUT2D eigenvalue weighted by Crippen LogP contribution is 1.98. The molecular formula is C8H14Si. The Labute approximate surface area is 60.8 Å². The van der Waals surface area contributed by atoms with Crippen molar-refractivity contribution in [2.45, 2.75) is 26.7 Å². The zero-order chi connectivity index (χ0) is 7.11. The van der Waals surface area contributed by atoms with Crippen LogP contribution < -0.4 is 0 Å². The molecule has 50 valence electrons. The smallest absolute Gasteiger partial charge is 0.0911 e. The molecule has 0 rings (SSSR count). The Hall–Kier alpha value is -0.483. The largest absolute Gasteiger partial charge is 0.139 e. The Morgan fingerprint density at radius 3 is 2.56 bits per heavy atom. The van der Waals surface area contributed by atoms with Gasteiger partial charge in [-0.05, 0) is 18.4 Å². The molecule has 9 heavy (non-hydrogen) atoms. The van der Waals surface area contributed by atoms with E-state index < -0.39 is 0 Å². The van der Waals surface area contributed by atoms with Gasteiger partial charge in [-0.25, -0.2) is 0 Å². The fourth-order valence-electron chi connectivity index (χ4n) is 0.691. The normalized spacial score (nSPS) is 10.7. The molecule has 0 nitrogen and oxygen atoms in total. The molecule has 0 radical (unpaired) electrons. The van der Waals surface area contributed by atoms with Crippen LogP contribution in [0.4, 0.5) is 0 Å². The van der Waals surface area contributed by atoms with Gasteiger partial charge in [-0.2, -0.15) is 0 Å². The van der Waals surface area contributed by atoms with E-state index in [4.69, 9.17) is 0 Å². The number of allylic oxidation sites excluding steroid dienone is 2. The van der Waals surface area contributed by atoms with Crippen molar-refractivity contribution < 1.29 is 0 Å². The molecule has 0 N–H and O–H groups in total. The van der Waals surface area contributed by atoms with E-state index in [2.05, 4.69) is 31.4 Å². The van der Waals surface area contributed by atoms with Crippen LogP contribution in [0.15, 0.2) is 11.6 Å². The van der Waals surface area contributed by atoms with Crippen LogP contribution in [-0.4, -0.2) is 10.2 Å². The summed E-state index contributed by atoms with van der Waals surface area (Å²) in [7, 11) is 0.997. The van der Waals surface area contributed by atoms with Crippen molar-refractivity contribution in [3.8, 4) is 11.5 Å². The molecule has 1 heteroatoms. The zero-order valence-electron chi connectivity index (χ0n) is 6.49. The van der Waals surface area contributed by atoms with E-state index in [9.17, 15) is 0 Å². The predicted octanol–water partition coefficient (Wildman–Crippen LogP) is 1.06. The van der Waals surface area contributed by atoms with Gasteiger partial charge in [-0.1, -0.05) is 25.8 Å². The van der Waals surface area contributed by atoms with Crippen molar-refractivity contribution in [2.24, 2.45) is 0 Å². The predicted molar refractivity (Wildman–Crippen MR) is 46.4 cm³/mol. The van der Waals surface area contributed by atoms with Crippen molar-refractivity contribution in [2.75, 3.05) is 0 Å². The van der Waals surface area contributed by atoms with Crippen LogP contribution in [0.3, 0.4) is 0 Å². The van der Waals surface area contributed by atoms with Gasteiger partial charge in [0.05, 0.1) is 10.2 Å². The van der Waals surface area contributed by atoms with Crippen molar-refractivity contribution in [1.82, 2.24) is 0 Å². The third kappa shape index (κ3) is 4.05. The minimum Gasteiger partial charge on any atom is -0.139 e. The standard InChI is InChI=1S/C8H14Si/c1-3-5-8(4-2)6-7-9/h5H,3-4H2,1-2,9H3. The molecule has 0 fully saturated rings. The molecule has 0 aliphatic rings. The maximum Gasteiger partial charge on any atom is 0.0911 e. The number of rotatable bonds is 2. The van der Waals surface area contributed by atoms with E-state index in [0.717, 1.165) is 23.1 Å². The zero-order valence-corrected chi connectivity index (χ0v) is 8.49. The summed E-state index contributed by atoms with van der Waals surface area (Å²) in [6.07, 6.45) is 4.40. The van der Waals surface area contributed by atoms with Gasteiger partial charge in [0.25, 0.3) is 0 Å². The SMILES string of the molecule is CCC=C(C#C[SiH3])CC. The molecule has 0 atom stereocenters. The minimum atomic E-state index is 0.997. The van der Waals surface area contributed by atoms with Gasteiger partial charge in [0, 0.05) is 0 Å². The first-order chi connectivity index (χ1) is 4.35. The Morgan fingerprint density at radius 1 is 1.56 bits per heavy atom. The summed E-state index contributed by atoms with van der Waals surface area (Å²) < 4.78 is 0. The lowest BCUT2D eigenvalue weighted by Gasteiger charge is -1.89. The van der Waals surface area contributed by atoms with Gasteiger partial charge >= 0.3 is 0 Å². The second-order valence-corrected chi connectivity index (χ2v) is 2.37. The van der Waals surface area contributed by atoms with Crippen LogP contribution in [0.25, 0.3) is 0 Å². The van der Waals surface area contributed by atoms with Crippen LogP contribution in [0, 0.1) is 11.5 Å². The fraction of sp³-hybridized carbons (Fsp3) is 0.500. The first-order valence-electron chi connectivity index (χ1n) is 3.46. The van der Waals surface area contributed by atoms with E-state index in [1.54, 1.807) is 0 Å². The van der Waals surface area contributed by atoms with Crippen molar-refractivity contribution in [1.29, 1.82) is 0 Å². The first-order valence-corrected chi connectivity index (χ1v) is 4.46. The highest BCUT2D eigenvalue weighted by molar-refractivity contribution is 6.22. The average molecular weight is 138 g/mol. The lowest BCUT2D eigenvalue weighted by Crippen LogP contribution is -1.73. The second kappa shape index (κ2) is 5.65. The maximum absolute atomic E-state index is 3.11. The van der Waals surface area contributed by atoms with Gasteiger partial charge in [-0.15, -0.1) is 5.54 Å². The maximum atomic E-state index is 3.11. The summed E-state index contributed by atoms with van der Waals surface area (Å²) in [6, 6.07) is 0. The molecule has 0 amide bonds. The summed E-state index contributed by atoms with van der Waals surface area (Å²) in [5.41, 5.74) is 4.32. The summed E-state index contributed by atoms with van der Waals surface area (Å²) >= 11 is 0. The molecule has 0 spiro atoms. The summed E-state index contributed by atoms with van der Waals surface area (Å²) in [4.78, 5) is 0. The highest BCUT2D eigenvalue weighted by Gasteiger charge is 1.82. The van der Waals surface area contributed by atoms with Gasteiger partial charge in [0.2, 0.25) is 0 Å². The van der Waals surface area contributed by atoms with E-state index >= 15 is 0 Å². The number of hydrogen-bond donors (Lipinski definition) is 0. The molecule has 0 aromatic heterocycles. The Kier molecular flexibility index (Phi) is 5.35. The molecule has 0 saturated heterocycles. The van der Waals surface area contributed by atoms with Crippen LogP contribution in [0.2, 0.25) is 0 Å². The summed E-state index contributed by atoms with van der Waals surface area (Å²) in [5.74, 6) is 3.11. The fourth-order valence-corrected chi connectivity index (χ4v) is 1.01. The van der Waals surface area contributed by atoms with Crippen molar-refractivity contribution in [3.63, 3.8) is 0 Å². The van der Waals surface area contributed by atoms with Gasteiger partial charge < -0.3 is 0 Å². The molecular weight excluding hydrogens is 124 g/mol. The Balaban J connectivity index is 3.92. The lowest BCUT2D eigenvalue weighted by molar-refractivity contribution is 1.11. The third-order valence-corrected chi connectivity index (χ3v) is 1.37. The molecule has 0 saturated carbocycles. The first kappa shape index (κ1) is 8.52. The van der Waals surface area contributed by atoms with E-state index in [1.807, 2.05) is 0 Å².